The fraction of sp³-hybridized carbons (Fsp3) is 0.500. The molecular weight excluding hydrogens is 260 g/mol. The summed E-state index contributed by atoms with van der Waals surface area (Å²) in [6.45, 7) is 2.34. The average Bonchev–Trinajstić information content (AvgIpc) is 2.53. The smallest absolute Gasteiger partial charge is 0.136 e. The Hall–Kier alpha value is -1.61. The zero-order chi connectivity index (χ0) is 14.8. The Labute approximate surface area is 126 Å². The van der Waals surface area contributed by atoms with Crippen LogP contribution in [0.15, 0.2) is 30.3 Å². The van der Waals surface area contributed by atoms with Crippen LogP contribution >= 0.6 is 0 Å². The SMILES string of the molecule is CC1CCCC(N(C)c2nc(CO)cc3ccccc23)C1. The second-order valence-electron chi connectivity index (χ2n) is 6.35. The minimum atomic E-state index is -0.00720. The number of hydrogen-bond acceptors (Lipinski definition) is 3. The van der Waals surface area contributed by atoms with Crippen LogP contribution in [0.5, 0.6) is 0 Å². The van der Waals surface area contributed by atoms with Crippen molar-refractivity contribution in [2.75, 3.05) is 11.9 Å². The number of benzene rings is 1. The summed E-state index contributed by atoms with van der Waals surface area (Å²) in [7, 11) is 2.15. The van der Waals surface area contributed by atoms with Gasteiger partial charge >= 0.3 is 0 Å². The van der Waals surface area contributed by atoms with Crippen LogP contribution in [0.2, 0.25) is 0 Å². The molecule has 3 nitrogen and oxygen atoms in total. The third-order valence-electron chi connectivity index (χ3n) is 4.73. The molecule has 2 unspecified atom stereocenters. The highest BCUT2D eigenvalue weighted by Crippen LogP contribution is 2.32. The van der Waals surface area contributed by atoms with Gasteiger partial charge in [-0.1, -0.05) is 44.0 Å². The van der Waals surface area contributed by atoms with Crippen LogP contribution in [0.1, 0.15) is 38.3 Å². The first-order chi connectivity index (χ1) is 10.2. The normalized spacial score (nSPS) is 22.4. The van der Waals surface area contributed by atoms with Gasteiger partial charge in [0.25, 0.3) is 0 Å². The Kier molecular flexibility index (Phi) is 4.11. The van der Waals surface area contributed by atoms with Crippen LogP contribution < -0.4 is 4.90 Å². The average molecular weight is 284 g/mol. The standard InChI is InChI=1S/C18H24N2O/c1-13-6-5-8-16(10-13)20(2)18-17-9-4-3-7-14(17)11-15(12-21)19-18/h3-4,7,9,11,13,16,21H,5-6,8,10,12H2,1-2H3. The fourth-order valence-corrected chi connectivity index (χ4v) is 3.51. The van der Waals surface area contributed by atoms with Crippen molar-refractivity contribution in [1.82, 2.24) is 4.98 Å². The molecule has 1 N–H and O–H groups in total. The molecule has 21 heavy (non-hydrogen) atoms. The molecule has 2 aromatic rings. The molecule has 0 aliphatic heterocycles. The van der Waals surface area contributed by atoms with E-state index in [1.165, 1.54) is 31.1 Å². The molecule has 0 radical (unpaired) electrons. The molecule has 0 spiro atoms. The summed E-state index contributed by atoms with van der Waals surface area (Å²) in [4.78, 5) is 7.03. The van der Waals surface area contributed by atoms with Gasteiger partial charge in [0.05, 0.1) is 12.3 Å². The molecule has 3 rings (SSSR count). The summed E-state index contributed by atoms with van der Waals surface area (Å²) in [5.74, 6) is 1.80. The largest absolute Gasteiger partial charge is 0.390 e. The number of nitrogens with zero attached hydrogens (tertiary/aromatic N) is 2. The second-order valence-corrected chi connectivity index (χ2v) is 6.35. The van der Waals surface area contributed by atoms with E-state index in [0.717, 1.165) is 22.8 Å². The molecule has 2 atom stereocenters. The highest BCUT2D eigenvalue weighted by molar-refractivity contribution is 5.92. The molecule has 1 saturated carbocycles. The molecule has 1 fully saturated rings. The summed E-state index contributed by atoms with van der Waals surface area (Å²) in [6.07, 6.45) is 5.11. The third-order valence-corrected chi connectivity index (χ3v) is 4.73. The Balaban J connectivity index is 2.01. The molecule has 3 heteroatoms. The van der Waals surface area contributed by atoms with E-state index in [4.69, 9.17) is 4.98 Å². The van der Waals surface area contributed by atoms with Gasteiger partial charge in [-0.15, -0.1) is 0 Å². The van der Waals surface area contributed by atoms with Crippen molar-refractivity contribution in [2.45, 2.75) is 45.3 Å². The van der Waals surface area contributed by atoms with Gasteiger partial charge in [-0.05, 0) is 30.2 Å². The maximum Gasteiger partial charge on any atom is 0.136 e. The Morgan fingerprint density at radius 2 is 2.10 bits per heavy atom. The zero-order valence-corrected chi connectivity index (χ0v) is 12.9. The number of rotatable bonds is 3. The first-order valence-electron chi connectivity index (χ1n) is 7.91. The van der Waals surface area contributed by atoms with Gasteiger partial charge in [-0.25, -0.2) is 4.98 Å². The minimum absolute atomic E-state index is 0.00720. The Morgan fingerprint density at radius 1 is 1.29 bits per heavy atom. The number of anilines is 1. The van der Waals surface area contributed by atoms with E-state index in [0.29, 0.717) is 6.04 Å². The molecule has 112 valence electrons. The van der Waals surface area contributed by atoms with Crippen LogP contribution in [0.3, 0.4) is 0 Å². The lowest BCUT2D eigenvalue weighted by Gasteiger charge is -2.35. The Bertz CT molecular complexity index is 626. The first-order valence-corrected chi connectivity index (χ1v) is 7.91. The van der Waals surface area contributed by atoms with E-state index in [9.17, 15) is 5.11 Å². The molecule has 0 saturated heterocycles. The number of hydrogen-bond donors (Lipinski definition) is 1. The molecule has 0 amide bonds. The van der Waals surface area contributed by atoms with E-state index >= 15 is 0 Å². The van der Waals surface area contributed by atoms with E-state index in [-0.39, 0.29) is 6.61 Å². The van der Waals surface area contributed by atoms with Crippen LogP contribution in [0, 0.1) is 5.92 Å². The zero-order valence-electron chi connectivity index (χ0n) is 12.9. The number of fused-ring (bicyclic) bond motifs is 1. The predicted molar refractivity (Wildman–Crippen MR) is 87.5 cm³/mol. The molecule has 1 aromatic carbocycles. The summed E-state index contributed by atoms with van der Waals surface area (Å²) in [5, 5.41) is 11.8. The molecular formula is C18H24N2O. The lowest BCUT2D eigenvalue weighted by atomic mass is 9.86. The minimum Gasteiger partial charge on any atom is -0.390 e. The van der Waals surface area contributed by atoms with E-state index < -0.39 is 0 Å². The topological polar surface area (TPSA) is 36.4 Å². The third kappa shape index (κ3) is 2.88. The van der Waals surface area contributed by atoms with Gasteiger partial charge in [0, 0.05) is 18.5 Å². The highest BCUT2D eigenvalue weighted by atomic mass is 16.3. The van der Waals surface area contributed by atoms with E-state index in [2.05, 4.69) is 37.1 Å². The van der Waals surface area contributed by atoms with Crippen LogP contribution in [0.25, 0.3) is 10.8 Å². The lowest BCUT2D eigenvalue weighted by Crippen LogP contribution is -2.36. The van der Waals surface area contributed by atoms with Crippen molar-refractivity contribution in [3.8, 4) is 0 Å². The van der Waals surface area contributed by atoms with Crippen LogP contribution in [-0.4, -0.2) is 23.2 Å². The lowest BCUT2D eigenvalue weighted by molar-refractivity contribution is 0.277. The van der Waals surface area contributed by atoms with Crippen molar-refractivity contribution in [3.63, 3.8) is 0 Å². The van der Waals surface area contributed by atoms with Crippen molar-refractivity contribution in [3.05, 3.63) is 36.0 Å². The summed E-state index contributed by atoms with van der Waals surface area (Å²) >= 11 is 0. The van der Waals surface area contributed by atoms with Gasteiger partial charge in [-0.3, -0.25) is 0 Å². The molecule has 1 aliphatic carbocycles. The maximum absolute atomic E-state index is 9.47. The van der Waals surface area contributed by atoms with Gasteiger partial charge < -0.3 is 10.0 Å². The quantitative estimate of drug-likeness (QED) is 0.932. The van der Waals surface area contributed by atoms with Gasteiger partial charge in [0.1, 0.15) is 5.82 Å². The molecule has 0 bridgehead atoms. The second kappa shape index (κ2) is 6.02. The molecule has 1 aliphatic rings. The summed E-state index contributed by atoms with van der Waals surface area (Å²) in [5.41, 5.74) is 0.749. The monoisotopic (exact) mass is 284 g/mol. The first kappa shape index (κ1) is 14.3. The van der Waals surface area contributed by atoms with Gasteiger partial charge in [0.2, 0.25) is 0 Å². The number of pyridine rings is 1. The number of aliphatic hydroxyl groups is 1. The number of aromatic nitrogens is 1. The van der Waals surface area contributed by atoms with Gasteiger partial charge in [0.15, 0.2) is 0 Å². The van der Waals surface area contributed by atoms with Crippen LogP contribution in [-0.2, 0) is 6.61 Å². The predicted octanol–water partition coefficient (Wildman–Crippen LogP) is 3.74. The number of aliphatic hydroxyl groups excluding tert-OH is 1. The molecule has 1 aromatic heterocycles. The van der Waals surface area contributed by atoms with Gasteiger partial charge in [-0.2, -0.15) is 0 Å². The molecule has 1 heterocycles. The van der Waals surface area contributed by atoms with E-state index in [1.807, 2.05) is 12.1 Å². The van der Waals surface area contributed by atoms with E-state index in [1.54, 1.807) is 0 Å². The fourth-order valence-electron chi connectivity index (χ4n) is 3.51. The van der Waals surface area contributed by atoms with Crippen molar-refractivity contribution >= 4 is 16.6 Å². The van der Waals surface area contributed by atoms with Crippen molar-refractivity contribution in [1.29, 1.82) is 0 Å². The van der Waals surface area contributed by atoms with Crippen LogP contribution in [0.4, 0.5) is 5.82 Å². The highest BCUT2D eigenvalue weighted by Gasteiger charge is 2.24. The van der Waals surface area contributed by atoms with Crippen molar-refractivity contribution < 1.29 is 5.11 Å². The van der Waals surface area contributed by atoms with Crippen molar-refractivity contribution in [2.24, 2.45) is 5.92 Å². The Morgan fingerprint density at radius 3 is 2.86 bits per heavy atom. The maximum atomic E-state index is 9.47. The summed E-state index contributed by atoms with van der Waals surface area (Å²) in [6, 6.07) is 10.9. The summed E-state index contributed by atoms with van der Waals surface area (Å²) < 4.78 is 0.